The van der Waals surface area contributed by atoms with Gasteiger partial charge in [-0.3, -0.25) is 0 Å². The second kappa shape index (κ2) is 6.58. The van der Waals surface area contributed by atoms with Crippen molar-refractivity contribution in [2.45, 2.75) is 26.3 Å². The van der Waals surface area contributed by atoms with Crippen LogP contribution < -0.4 is 5.73 Å². The summed E-state index contributed by atoms with van der Waals surface area (Å²) in [4.78, 5) is 2.30. The molecule has 1 atom stereocenters. The van der Waals surface area contributed by atoms with Gasteiger partial charge in [0.1, 0.15) is 0 Å². The third-order valence-electron chi connectivity index (χ3n) is 1.95. The molecule has 0 aromatic rings. The predicted octanol–water partition coefficient (Wildman–Crippen LogP) is 0.0379. The molecule has 11 heavy (non-hydrogen) atoms. The van der Waals surface area contributed by atoms with Crippen molar-refractivity contribution in [3.8, 4) is 0 Å². The molecule has 0 amide bonds. The Labute approximate surface area is 69.2 Å². The van der Waals surface area contributed by atoms with E-state index in [0.29, 0.717) is 0 Å². The average molecular weight is 160 g/mol. The van der Waals surface area contributed by atoms with E-state index in [1.54, 1.807) is 0 Å². The molecule has 0 radical (unpaired) electrons. The number of nitrogens with zero attached hydrogens (tertiary/aromatic N) is 1. The van der Waals surface area contributed by atoms with Gasteiger partial charge in [0.2, 0.25) is 0 Å². The smallest absolute Gasteiger partial charge is 0.0583 e. The molecule has 0 aromatic heterocycles. The van der Waals surface area contributed by atoms with Crippen LogP contribution in [0.15, 0.2) is 0 Å². The van der Waals surface area contributed by atoms with E-state index in [4.69, 9.17) is 10.8 Å². The Morgan fingerprint density at radius 2 is 1.91 bits per heavy atom. The predicted molar refractivity (Wildman–Crippen MR) is 47.5 cm³/mol. The Kier molecular flexibility index (Phi) is 6.51. The number of aliphatic hydroxyl groups excluding tert-OH is 1. The lowest BCUT2D eigenvalue weighted by atomic mass is 10.2. The highest BCUT2D eigenvalue weighted by molar-refractivity contribution is 4.62. The van der Waals surface area contributed by atoms with E-state index < -0.39 is 0 Å². The van der Waals surface area contributed by atoms with Crippen LogP contribution >= 0.6 is 0 Å². The lowest BCUT2D eigenvalue weighted by Gasteiger charge is -2.19. The van der Waals surface area contributed by atoms with Crippen LogP contribution in [0.1, 0.15) is 20.3 Å². The van der Waals surface area contributed by atoms with E-state index in [-0.39, 0.29) is 12.6 Å². The molecular formula is C8H20N2O. The van der Waals surface area contributed by atoms with Gasteiger partial charge in [0, 0.05) is 6.04 Å². The molecule has 0 spiro atoms. The minimum absolute atomic E-state index is 0.0457. The number of nitrogens with two attached hydrogens (primary N) is 1. The maximum Gasteiger partial charge on any atom is 0.0583 e. The topological polar surface area (TPSA) is 49.5 Å². The summed E-state index contributed by atoms with van der Waals surface area (Å²) in [6.45, 7) is 7.49. The molecule has 3 nitrogen and oxygen atoms in total. The van der Waals surface area contributed by atoms with E-state index >= 15 is 0 Å². The van der Waals surface area contributed by atoms with Crippen LogP contribution in [-0.2, 0) is 0 Å². The molecule has 0 aromatic carbocycles. The Morgan fingerprint density at radius 3 is 2.27 bits per heavy atom. The Balaban J connectivity index is 3.34. The second-order valence-electron chi connectivity index (χ2n) is 2.76. The lowest BCUT2D eigenvalue weighted by molar-refractivity contribution is 0.233. The van der Waals surface area contributed by atoms with Gasteiger partial charge in [-0.05, 0) is 26.1 Å². The van der Waals surface area contributed by atoms with Crippen molar-refractivity contribution in [2.24, 2.45) is 5.73 Å². The van der Waals surface area contributed by atoms with Crippen LogP contribution in [0.3, 0.4) is 0 Å². The van der Waals surface area contributed by atoms with E-state index in [2.05, 4.69) is 18.7 Å². The molecule has 68 valence electrons. The van der Waals surface area contributed by atoms with Crippen molar-refractivity contribution in [3.05, 3.63) is 0 Å². The molecule has 0 heterocycles. The monoisotopic (exact) mass is 160 g/mol. The summed E-state index contributed by atoms with van der Waals surface area (Å²) in [7, 11) is 0. The highest BCUT2D eigenvalue weighted by Gasteiger charge is 2.03. The maximum atomic E-state index is 8.65. The molecule has 0 bridgehead atoms. The van der Waals surface area contributed by atoms with Crippen LogP contribution in [0.5, 0.6) is 0 Å². The van der Waals surface area contributed by atoms with Crippen molar-refractivity contribution in [1.29, 1.82) is 0 Å². The summed E-state index contributed by atoms with van der Waals surface area (Å²) in [5.74, 6) is 0. The highest BCUT2D eigenvalue weighted by Crippen LogP contribution is 1.92. The summed E-state index contributed by atoms with van der Waals surface area (Å²) >= 11 is 0. The number of rotatable bonds is 6. The maximum absolute atomic E-state index is 8.65. The Bertz CT molecular complexity index is 84.2. The SMILES string of the molecule is CCN(CC)CC[C@@H](N)CO. The molecular weight excluding hydrogens is 140 g/mol. The van der Waals surface area contributed by atoms with Crippen molar-refractivity contribution >= 4 is 0 Å². The third kappa shape index (κ3) is 5.18. The zero-order valence-corrected chi connectivity index (χ0v) is 7.58. The van der Waals surface area contributed by atoms with E-state index in [1.165, 1.54) is 0 Å². The first kappa shape index (κ1) is 10.9. The number of hydrogen-bond acceptors (Lipinski definition) is 3. The van der Waals surface area contributed by atoms with Gasteiger partial charge in [-0.15, -0.1) is 0 Å². The first-order chi connectivity index (χ1) is 5.24. The molecule has 0 aliphatic carbocycles. The van der Waals surface area contributed by atoms with Crippen molar-refractivity contribution < 1.29 is 5.11 Å². The van der Waals surface area contributed by atoms with Gasteiger partial charge in [-0.2, -0.15) is 0 Å². The van der Waals surface area contributed by atoms with Crippen molar-refractivity contribution in [2.75, 3.05) is 26.2 Å². The first-order valence-corrected chi connectivity index (χ1v) is 4.33. The summed E-state index contributed by atoms with van der Waals surface area (Å²) in [5, 5.41) is 8.65. The second-order valence-corrected chi connectivity index (χ2v) is 2.76. The van der Waals surface area contributed by atoms with Crippen LogP contribution in [0.2, 0.25) is 0 Å². The minimum atomic E-state index is -0.0457. The zero-order chi connectivity index (χ0) is 8.69. The molecule has 0 saturated carbocycles. The molecule has 0 fully saturated rings. The fraction of sp³-hybridized carbons (Fsp3) is 1.00. The Hall–Kier alpha value is -0.120. The van der Waals surface area contributed by atoms with Crippen LogP contribution in [0, 0.1) is 0 Å². The van der Waals surface area contributed by atoms with E-state index in [0.717, 1.165) is 26.1 Å². The van der Waals surface area contributed by atoms with E-state index in [1.807, 2.05) is 0 Å². The van der Waals surface area contributed by atoms with Gasteiger partial charge < -0.3 is 15.7 Å². The molecule has 0 aliphatic heterocycles. The largest absolute Gasteiger partial charge is 0.395 e. The minimum Gasteiger partial charge on any atom is -0.395 e. The summed E-state index contributed by atoms with van der Waals surface area (Å²) in [6.07, 6.45) is 0.887. The van der Waals surface area contributed by atoms with Gasteiger partial charge in [0.25, 0.3) is 0 Å². The summed E-state index contributed by atoms with van der Waals surface area (Å²) in [6, 6.07) is -0.0457. The number of aliphatic hydroxyl groups is 1. The van der Waals surface area contributed by atoms with Crippen LogP contribution in [0.25, 0.3) is 0 Å². The van der Waals surface area contributed by atoms with Gasteiger partial charge in [0.15, 0.2) is 0 Å². The lowest BCUT2D eigenvalue weighted by Crippen LogP contribution is -2.32. The quantitative estimate of drug-likeness (QED) is 0.576. The van der Waals surface area contributed by atoms with Gasteiger partial charge >= 0.3 is 0 Å². The fourth-order valence-corrected chi connectivity index (χ4v) is 0.980. The molecule has 0 unspecified atom stereocenters. The van der Waals surface area contributed by atoms with Gasteiger partial charge in [0.05, 0.1) is 6.61 Å². The average Bonchev–Trinajstić information content (AvgIpc) is 2.06. The fourth-order valence-electron chi connectivity index (χ4n) is 0.980. The zero-order valence-electron chi connectivity index (χ0n) is 7.58. The Morgan fingerprint density at radius 1 is 1.36 bits per heavy atom. The van der Waals surface area contributed by atoms with Crippen molar-refractivity contribution in [1.82, 2.24) is 4.90 Å². The molecule has 0 saturated heterocycles. The first-order valence-electron chi connectivity index (χ1n) is 4.33. The highest BCUT2D eigenvalue weighted by atomic mass is 16.3. The summed E-state index contributed by atoms with van der Waals surface area (Å²) in [5.41, 5.74) is 5.55. The van der Waals surface area contributed by atoms with Crippen LogP contribution in [-0.4, -0.2) is 42.3 Å². The number of hydrogen-bond donors (Lipinski definition) is 2. The standard InChI is InChI=1S/C8H20N2O/c1-3-10(4-2)6-5-8(9)7-11/h8,11H,3-7,9H2,1-2H3/t8-/m1/s1. The molecule has 0 rings (SSSR count). The molecule has 0 aliphatic rings. The third-order valence-corrected chi connectivity index (χ3v) is 1.95. The van der Waals surface area contributed by atoms with Crippen LogP contribution in [0.4, 0.5) is 0 Å². The van der Waals surface area contributed by atoms with E-state index in [9.17, 15) is 0 Å². The molecule has 3 heteroatoms. The van der Waals surface area contributed by atoms with Gasteiger partial charge in [-0.25, -0.2) is 0 Å². The molecule has 3 N–H and O–H groups in total. The summed E-state index contributed by atoms with van der Waals surface area (Å²) < 4.78 is 0. The van der Waals surface area contributed by atoms with Crippen molar-refractivity contribution in [3.63, 3.8) is 0 Å². The van der Waals surface area contributed by atoms with Gasteiger partial charge in [-0.1, -0.05) is 13.8 Å². The normalized spacial score (nSPS) is 13.9.